The number of nitrogens with zero attached hydrogens (tertiary/aromatic N) is 2. The van der Waals surface area contributed by atoms with Crippen LogP contribution in [0.1, 0.15) is 60.8 Å². The predicted molar refractivity (Wildman–Crippen MR) is 146 cm³/mol. The molecule has 0 bridgehead atoms. The quantitative estimate of drug-likeness (QED) is 0.574. The van der Waals surface area contributed by atoms with Crippen LogP contribution in [0.15, 0.2) is 63.8 Å². The lowest BCUT2D eigenvalue weighted by Gasteiger charge is -2.47. The summed E-state index contributed by atoms with van der Waals surface area (Å²) in [7, 11) is -2.73. The second-order valence-corrected chi connectivity index (χ2v) is 12.3. The third kappa shape index (κ3) is 3.21. The number of ether oxygens (including phenoxy) is 1. The molecule has 0 aromatic heterocycles. The third-order valence-electron chi connectivity index (χ3n) is 9.30. The van der Waals surface area contributed by atoms with E-state index in [4.69, 9.17) is 4.74 Å². The first-order valence-corrected chi connectivity index (χ1v) is 15.1. The van der Waals surface area contributed by atoms with E-state index in [1.807, 2.05) is 18.2 Å². The summed E-state index contributed by atoms with van der Waals surface area (Å²) >= 11 is 0. The zero-order valence-corrected chi connectivity index (χ0v) is 22.0. The van der Waals surface area contributed by atoms with Gasteiger partial charge in [0.15, 0.2) is 10.7 Å². The van der Waals surface area contributed by atoms with Crippen molar-refractivity contribution in [3.8, 4) is 5.75 Å². The van der Waals surface area contributed by atoms with Gasteiger partial charge >= 0.3 is 0 Å². The van der Waals surface area contributed by atoms with E-state index in [1.54, 1.807) is 6.07 Å². The van der Waals surface area contributed by atoms with Crippen molar-refractivity contribution in [2.24, 2.45) is 0 Å². The molecular weight excluding hydrogens is 480 g/mol. The lowest BCUT2D eigenvalue weighted by Crippen LogP contribution is -2.47. The molecule has 6 heteroatoms. The van der Waals surface area contributed by atoms with Gasteiger partial charge in [0.1, 0.15) is 11.5 Å². The molecule has 0 N–H and O–H groups in total. The maximum Gasteiger partial charge on any atom is 0.168 e. The Labute approximate surface area is 220 Å². The van der Waals surface area contributed by atoms with Crippen LogP contribution >= 0.6 is 0 Å². The second-order valence-electron chi connectivity index (χ2n) is 11.3. The molecule has 37 heavy (non-hydrogen) atoms. The fraction of sp³-hybridized carbons (Fsp3) is 0.419. The van der Waals surface area contributed by atoms with Crippen molar-refractivity contribution in [1.29, 1.82) is 0 Å². The molecular formula is C31H32N2O3S. The van der Waals surface area contributed by atoms with Crippen LogP contribution in [0, 0.1) is 0 Å². The summed E-state index contributed by atoms with van der Waals surface area (Å²) in [5, 5.41) is 0. The minimum absolute atomic E-state index is 0.348. The number of anilines is 1. The molecule has 5 aliphatic heterocycles. The Balaban J connectivity index is 1.47. The monoisotopic (exact) mass is 512 g/mol. The van der Waals surface area contributed by atoms with Crippen LogP contribution in [0.5, 0.6) is 5.75 Å². The van der Waals surface area contributed by atoms with Gasteiger partial charge in [-0.15, -0.1) is 0 Å². The largest absolute Gasteiger partial charge is 0.456 e. The second kappa shape index (κ2) is 8.34. The number of hydrogen-bond acceptors (Lipinski definition) is 5. The van der Waals surface area contributed by atoms with Crippen molar-refractivity contribution in [1.82, 2.24) is 4.90 Å². The maximum atomic E-state index is 12.5. The average molecular weight is 513 g/mol. The highest BCUT2D eigenvalue weighted by molar-refractivity contribution is 7.72. The molecule has 6 aliphatic rings. The maximum absolute atomic E-state index is 12.5. The summed E-state index contributed by atoms with van der Waals surface area (Å²) in [6.45, 7) is 4.52. The molecule has 1 atom stereocenters. The van der Waals surface area contributed by atoms with Gasteiger partial charge in [-0.3, -0.25) is 4.90 Å². The molecule has 2 saturated heterocycles. The lowest BCUT2D eigenvalue weighted by molar-refractivity contribution is 0.178. The predicted octanol–water partition coefficient (Wildman–Crippen LogP) is 5.00. The molecule has 0 spiro atoms. The van der Waals surface area contributed by atoms with Gasteiger partial charge in [-0.25, -0.2) is 8.42 Å². The zero-order chi connectivity index (χ0) is 24.7. The van der Waals surface area contributed by atoms with Crippen LogP contribution in [-0.2, 0) is 23.5 Å². The Morgan fingerprint density at radius 2 is 1.65 bits per heavy atom. The van der Waals surface area contributed by atoms with Crippen molar-refractivity contribution >= 4 is 22.0 Å². The van der Waals surface area contributed by atoms with Gasteiger partial charge in [0, 0.05) is 46.6 Å². The minimum atomic E-state index is -2.73. The number of benzene rings is 2. The fourth-order valence-electron chi connectivity index (χ4n) is 7.91. The zero-order valence-electron chi connectivity index (χ0n) is 21.1. The third-order valence-corrected chi connectivity index (χ3v) is 10.1. The van der Waals surface area contributed by atoms with Gasteiger partial charge in [0.25, 0.3) is 0 Å². The van der Waals surface area contributed by atoms with Crippen LogP contribution in [0.4, 0.5) is 5.69 Å². The number of thiol groups is 1. The van der Waals surface area contributed by atoms with Crippen LogP contribution in [-0.4, -0.2) is 45.5 Å². The van der Waals surface area contributed by atoms with E-state index in [2.05, 4.69) is 21.9 Å². The SMILES string of the molecule is O=[SH](=O)c1ccccc1C1=C2C=C3CCCN4CCCC(=C2Oc2c1cc1c5c2CCCN5CCC1)C34. The van der Waals surface area contributed by atoms with E-state index in [0.29, 0.717) is 10.9 Å². The first-order valence-electron chi connectivity index (χ1n) is 14.0. The number of hydrogen-bond donors (Lipinski definition) is 1. The topological polar surface area (TPSA) is 49.9 Å². The van der Waals surface area contributed by atoms with Gasteiger partial charge in [0.2, 0.25) is 0 Å². The van der Waals surface area contributed by atoms with Gasteiger partial charge < -0.3 is 9.64 Å². The Morgan fingerprint density at radius 3 is 2.51 bits per heavy atom. The number of aryl methyl sites for hydroxylation is 1. The standard InChI is InChI=1S/C31H32N2O3S/c34-37(35)26-12-2-1-9-21(26)27-24-17-19-7-3-13-32-15-5-10-22(28(19)32)30(24)36-31-23-11-6-16-33-14-4-8-20(29(23)33)18-25(27)31/h1-2,9,12,17-18,28,37H,3-8,10-11,13-16H2. The molecule has 1 aliphatic carbocycles. The number of fused-ring (bicyclic) bond motifs is 3. The van der Waals surface area contributed by atoms with Crippen molar-refractivity contribution in [3.63, 3.8) is 0 Å². The normalized spacial score (nSPS) is 24.2. The van der Waals surface area contributed by atoms with Gasteiger partial charge in [-0.05, 0) is 99.4 Å². The number of piperidine rings is 2. The van der Waals surface area contributed by atoms with E-state index >= 15 is 0 Å². The molecule has 0 amide bonds. The van der Waals surface area contributed by atoms with Crippen LogP contribution in [0.2, 0.25) is 0 Å². The fourth-order valence-corrected chi connectivity index (χ4v) is 8.51. The summed E-state index contributed by atoms with van der Waals surface area (Å²) in [5.41, 5.74) is 11.0. The Kier molecular flexibility index (Phi) is 5.00. The molecule has 2 aromatic carbocycles. The molecule has 5 nitrogen and oxygen atoms in total. The number of allylic oxidation sites excluding steroid dienone is 1. The number of rotatable bonds is 2. The van der Waals surface area contributed by atoms with Gasteiger partial charge in [-0.2, -0.15) is 0 Å². The average Bonchev–Trinajstić information content (AvgIpc) is 2.93. The molecule has 2 fully saturated rings. The van der Waals surface area contributed by atoms with E-state index in [1.165, 1.54) is 34.4 Å². The van der Waals surface area contributed by atoms with E-state index in [-0.39, 0.29) is 0 Å². The highest BCUT2D eigenvalue weighted by Crippen LogP contribution is 2.54. The van der Waals surface area contributed by atoms with Crippen molar-refractivity contribution in [2.75, 3.05) is 31.1 Å². The molecule has 2 aromatic rings. The molecule has 8 rings (SSSR count). The smallest absolute Gasteiger partial charge is 0.168 e. The van der Waals surface area contributed by atoms with Gasteiger partial charge in [-0.1, -0.05) is 18.2 Å². The molecule has 5 heterocycles. The molecule has 0 saturated carbocycles. The first-order chi connectivity index (χ1) is 18.2. The highest BCUT2D eigenvalue weighted by atomic mass is 32.2. The lowest BCUT2D eigenvalue weighted by atomic mass is 9.75. The van der Waals surface area contributed by atoms with Crippen molar-refractivity contribution < 1.29 is 13.2 Å². The van der Waals surface area contributed by atoms with E-state index in [9.17, 15) is 8.42 Å². The Bertz CT molecular complexity index is 1520. The van der Waals surface area contributed by atoms with Crippen LogP contribution in [0.3, 0.4) is 0 Å². The summed E-state index contributed by atoms with van der Waals surface area (Å²) < 4.78 is 32.0. The van der Waals surface area contributed by atoms with E-state index in [0.717, 1.165) is 105 Å². The van der Waals surface area contributed by atoms with Crippen LogP contribution < -0.4 is 9.64 Å². The molecule has 190 valence electrons. The van der Waals surface area contributed by atoms with Crippen molar-refractivity contribution in [2.45, 2.75) is 62.3 Å². The summed E-state index contributed by atoms with van der Waals surface area (Å²) in [5.74, 6) is 1.98. The van der Waals surface area contributed by atoms with E-state index < -0.39 is 10.7 Å². The van der Waals surface area contributed by atoms with Crippen LogP contribution in [0.25, 0.3) is 5.57 Å². The van der Waals surface area contributed by atoms with Gasteiger partial charge in [0.05, 0.1) is 10.9 Å². The Hall–Kier alpha value is -2.83. The highest BCUT2D eigenvalue weighted by Gasteiger charge is 2.42. The van der Waals surface area contributed by atoms with Crippen molar-refractivity contribution in [3.05, 3.63) is 81.1 Å². The molecule has 0 radical (unpaired) electrons. The summed E-state index contributed by atoms with van der Waals surface area (Å²) in [6, 6.07) is 10.2. The summed E-state index contributed by atoms with van der Waals surface area (Å²) in [6.07, 6.45) is 11.2. The Morgan fingerprint density at radius 1 is 0.865 bits per heavy atom. The minimum Gasteiger partial charge on any atom is -0.456 e. The summed E-state index contributed by atoms with van der Waals surface area (Å²) in [4.78, 5) is 5.60. The molecule has 1 unspecified atom stereocenters. The first kappa shape index (κ1) is 22.2.